The largest absolute Gasteiger partial charge is 0.310 e. The van der Waals surface area contributed by atoms with Gasteiger partial charge in [0.2, 0.25) is 0 Å². The quantitative estimate of drug-likeness (QED) is 0.158. The number of hydrogen-bond donors (Lipinski definition) is 0. The Morgan fingerprint density at radius 2 is 0.661 bits per heavy atom. The summed E-state index contributed by atoms with van der Waals surface area (Å²) in [4.78, 5) is 2.46. The van der Waals surface area contributed by atoms with Gasteiger partial charge in [-0.15, -0.1) is 0 Å². The molecule has 0 saturated heterocycles. The number of rotatable bonds is 5. The Morgan fingerprint density at radius 1 is 0.258 bits per heavy atom. The molecule has 62 heavy (non-hydrogen) atoms. The average Bonchev–Trinajstić information content (AvgIpc) is 3.69. The van der Waals surface area contributed by atoms with Crippen molar-refractivity contribution in [2.24, 2.45) is 0 Å². The molecule has 0 spiro atoms. The topological polar surface area (TPSA) is 8.17 Å². The molecule has 0 bridgehead atoms. The van der Waals surface area contributed by atoms with E-state index in [0.29, 0.717) is 0 Å². The SMILES string of the molecule is c1ccc(-n2c3ccccc3c3c(-c4cccc(N(c5ccc6c7ccccc7c7ccccc7c6c5)c5ccc6c7ccccc7c7ccccc7c6c5)c4)cccc32)cc1. The lowest BCUT2D eigenvalue weighted by molar-refractivity contribution is 1.18. The van der Waals surface area contributed by atoms with Crippen LogP contribution in [0.1, 0.15) is 0 Å². The van der Waals surface area contributed by atoms with Crippen LogP contribution in [0, 0.1) is 0 Å². The van der Waals surface area contributed by atoms with Crippen molar-refractivity contribution in [2.75, 3.05) is 4.90 Å². The summed E-state index contributed by atoms with van der Waals surface area (Å²) in [6.07, 6.45) is 0. The van der Waals surface area contributed by atoms with Crippen molar-refractivity contribution in [3.8, 4) is 16.8 Å². The molecule has 2 heteroatoms. The van der Waals surface area contributed by atoms with Crippen LogP contribution >= 0.6 is 0 Å². The summed E-state index contributed by atoms with van der Waals surface area (Å²) < 4.78 is 2.40. The Balaban J connectivity index is 1.08. The third-order valence-corrected chi connectivity index (χ3v) is 13.1. The second-order valence-electron chi connectivity index (χ2n) is 16.4. The van der Waals surface area contributed by atoms with Gasteiger partial charge in [-0.1, -0.05) is 170 Å². The molecule has 0 atom stereocenters. The van der Waals surface area contributed by atoms with Crippen LogP contribution in [0.25, 0.3) is 103 Å². The summed E-state index contributed by atoms with van der Waals surface area (Å²) in [6.45, 7) is 0. The Morgan fingerprint density at radius 3 is 1.19 bits per heavy atom. The second-order valence-corrected chi connectivity index (χ2v) is 16.4. The summed E-state index contributed by atoms with van der Waals surface area (Å²) >= 11 is 0. The van der Waals surface area contributed by atoms with Gasteiger partial charge in [0.05, 0.1) is 11.0 Å². The fourth-order valence-corrected chi connectivity index (χ4v) is 10.4. The maximum Gasteiger partial charge on any atom is 0.0547 e. The minimum atomic E-state index is 1.10. The van der Waals surface area contributed by atoms with Gasteiger partial charge in [-0.25, -0.2) is 0 Å². The molecule has 0 saturated carbocycles. The highest BCUT2D eigenvalue weighted by molar-refractivity contribution is 6.27. The van der Waals surface area contributed by atoms with Crippen molar-refractivity contribution in [3.63, 3.8) is 0 Å². The van der Waals surface area contributed by atoms with Crippen LogP contribution in [0.3, 0.4) is 0 Å². The number of benzene rings is 12. The van der Waals surface area contributed by atoms with Gasteiger partial charge in [0.1, 0.15) is 0 Å². The first-order valence-electron chi connectivity index (χ1n) is 21.4. The third-order valence-electron chi connectivity index (χ3n) is 13.1. The Hall–Kier alpha value is -8.20. The molecule has 0 aliphatic rings. The highest BCUT2D eigenvalue weighted by Crippen LogP contribution is 2.45. The minimum absolute atomic E-state index is 1.10. The number of nitrogens with zero attached hydrogens (tertiary/aromatic N) is 2. The van der Waals surface area contributed by atoms with Crippen LogP contribution in [0.15, 0.2) is 231 Å². The summed E-state index contributed by atoms with van der Waals surface area (Å²) in [5.74, 6) is 0. The molecule has 1 aromatic heterocycles. The van der Waals surface area contributed by atoms with Gasteiger partial charge in [-0.3, -0.25) is 0 Å². The molecule has 13 aromatic rings. The van der Waals surface area contributed by atoms with E-state index in [9.17, 15) is 0 Å². The highest BCUT2D eigenvalue weighted by Gasteiger charge is 2.20. The monoisotopic (exact) mass is 786 g/mol. The van der Waals surface area contributed by atoms with E-state index in [0.717, 1.165) is 22.7 Å². The van der Waals surface area contributed by atoms with Gasteiger partial charge in [0, 0.05) is 33.5 Å². The Bertz CT molecular complexity index is 3700. The molecule has 288 valence electrons. The lowest BCUT2D eigenvalue weighted by Crippen LogP contribution is -2.10. The predicted octanol–water partition coefficient (Wildman–Crippen LogP) is 16.8. The number of anilines is 3. The van der Waals surface area contributed by atoms with E-state index in [4.69, 9.17) is 0 Å². The standard InChI is InChI=1S/C60H38N2/c1-2-17-40(18-3-1)62-58-30-13-12-28-55(58)60-44(29-15-31-59(60)62)39-16-14-19-41(36-39)61(42-32-34-53-49-24-6-4-20-45(49)47-22-8-10-26-51(47)56(53)37-42)43-33-35-54-50-25-7-5-21-46(50)48-23-9-11-27-52(48)57(54)38-43/h1-38H. The summed E-state index contributed by atoms with van der Waals surface area (Å²) in [6, 6.07) is 84.9. The zero-order chi connectivity index (χ0) is 40.7. The minimum Gasteiger partial charge on any atom is -0.310 e. The fourth-order valence-electron chi connectivity index (χ4n) is 10.4. The molecular formula is C60H38N2. The molecule has 0 aliphatic heterocycles. The van der Waals surface area contributed by atoms with Gasteiger partial charge in [0.25, 0.3) is 0 Å². The number of fused-ring (bicyclic) bond motifs is 15. The van der Waals surface area contributed by atoms with E-state index in [-0.39, 0.29) is 0 Å². The molecule has 0 aliphatic carbocycles. The average molecular weight is 787 g/mol. The maximum atomic E-state index is 2.46. The van der Waals surface area contributed by atoms with Gasteiger partial charge in [-0.05, 0) is 136 Å². The molecular weight excluding hydrogens is 749 g/mol. The first-order valence-corrected chi connectivity index (χ1v) is 21.4. The summed E-state index contributed by atoms with van der Waals surface area (Å²) in [5.41, 5.74) is 9.25. The lowest BCUT2D eigenvalue weighted by Gasteiger charge is -2.27. The van der Waals surface area contributed by atoms with E-state index >= 15 is 0 Å². The second kappa shape index (κ2) is 13.7. The molecule has 13 rings (SSSR count). The van der Waals surface area contributed by atoms with Gasteiger partial charge in [-0.2, -0.15) is 0 Å². The zero-order valence-corrected chi connectivity index (χ0v) is 33.8. The first kappa shape index (κ1) is 34.6. The summed E-state index contributed by atoms with van der Waals surface area (Å²) in [5, 5.41) is 17.7. The molecule has 2 nitrogen and oxygen atoms in total. The maximum absolute atomic E-state index is 2.46. The van der Waals surface area contributed by atoms with Crippen LogP contribution in [0.2, 0.25) is 0 Å². The summed E-state index contributed by atoms with van der Waals surface area (Å²) in [7, 11) is 0. The molecule has 1 heterocycles. The number of hydrogen-bond acceptors (Lipinski definition) is 1. The van der Waals surface area contributed by atoms with E-state index in [1.807, 2.05) is 0 Å². The van der Waals surface area contributed by atoms with E-state index < -0.39 is 0 Å². The molecule has 0 radical (unpaired) electrons. The third kappa shape index (κ3) is 5.17. The Labute approximate surface area is 358 Å². The van der Waals surface area contributed by atoms with Crippen molar-refractivity contribution in [2.45, 2.75) is 0 Å². The van der Waals surface area contributed by atoms with Crippen LogP contribution in [0.5, 0.6) is 0 Å². The normalized spacial score (nSPS) is 11.9. The smallest absolute Gasteiger partial charge is 0.0547 e. The van der Waals surface area contributed by atoms with Crippen LogP contribution < -0.4 is 4.90 Å². The van der Waals surface area contributed by atoms with Crippen LogP contribution in [0.4, 0.5) is 17.1 Å². The Kier molecular flexibility index (Phi) is 7.64. The lowest BCUT2D eigenvalue weighted by atomic mass is 9.93. The molecule has 0 unspecified atom stereocenters. The predicted molar refractivity (Wildman–Crippen MR) is 266 cm³/mol. The zero-order valence-electron chi connectivity index (χ0n) is 33.8. The van der Waals surface area contributed by atoms with Crippen molar-refractivity contribution in [1.82, 2.24) is 4.57 Å². The molecule has 0 fully saturated rings. The van der Waals surface area contributed by atoms with Gasteiger partial charge in [0.15, 0.2) is 0 Å². The van der Waals surface area contributed by atoms with E-state index in [1.54, 1.807) is 0 Å². The molecule has 12 aromatic carbocycles. The van der Waals surface area contributed by atoms with E-state index in [1.165, 1.54) is 97.6 Å². The highest BCUT2D eigenvalue weighted by atomic mass is 15.1. The number of aromatic nitrogens is 1. The fraction of sp³-hybridized carbons (Fsp3) is 0. The van der Waals surface area contributed by atoms with Gasteiger partial charge >= 0.3 is 0 Å². The van der Waals surface area contributed by atoms with Crippen LogP contribution in [-0.2, 0) is 0 Å². The number of para-hydroxylation sites is 2. The van der Waals surface area contributed by atoms with Crippen molar-refractivity contribution >= 4 is 104 Å². The van der Waals surface area contributed by atoms with Crippen molar-refractivity contribution in [3.05, 3.63) is 231 Å². The van der Waals surface area contributed by atoms with Crippen LogP contribution in [-0.4, -0.2) is 4.57 Å². The van der Waals surface area contributed by atoms with Crippen molar-refractivity contribution < 1.29 is 0 Å². The molecule has 0 N–H and O–H groups in total. The van der Waals surface area contributed by atoms with Gasteiger partial charge < -0.3 is 9.47 Å². The van der Waals surface area contributed by atoms with Crippen molar-refractivity contribution in [1.29, 1.82) is 0 Å². The van der Waals surface area contributed by atoms with E-state index in [2.05, 4.69) is 240 Å². The molecule has 0 amide bonds. The first-order chi connectivity index (χ1) is 30.8.